The highest BCUT2D eigenvalue weighted by atomic mass is 32.2. The average molecular weight is 441 g/mol. The van der Waals surface area contributed by atoms with Crippen molar-refractivity contribution in [2.75, 3.05) is 12.4 Å². The zero-order chi connectivity index (χ0) is 22.4. The normalized spacial score (nSPS) is 11.5. The van der Waals surface area contributed by atoms with Crippen LogP contribution >= 0.6 is 0 Å². The van der Waals surface area contributed by atoms with Gasteiger partial charge in [-0.3, -0.25) is 14.9 Å². The summed E-state index contributed by atoms with van der Waals surface area (Å²) in [6, 6.07) is 13.3. The van der Waals surface area contributed by atoms with Crippen molar-refractivity contribution in [2.45, 2.75) is 11.4 Å². The molecule has 0 atom stereocenters. The van der Waals surface area contributed by atoms with Gasteiger partial charge in [-0.25, -0.2) is 13.1 Å². The van der Waals surface area contributed by atoms with Crippen LogP contribution in [0, 0.1) is 10.1 Å². The molecule has 9 nitrogen and oxygen atoms in total. The Kier molecular flexibility index (Phi) is 6.63. The van der Waals surface area contributed by atoms with E-state index in [9.17, 15) is 23.3 Å². The average Bonchev–Trinajstić information content (AvgIpc) is 3.30. The molecule has 2 N–H and O–H groups in total. The lowest BCUT2D eigenvalue weighted by Gasteiger charge is -2.06. The van der Waals surface area contributed by atoms with Gasteiger partial charge in [0.2, 0.25) is 10.0 Å². The summed E-state index contributed by atoms with van der Waals surface area (Å²) in [7, 11) is -2.18. The third kappa shape index (κ3) is 5.44. The zero-order valence-electron chi connectivity index (χ0n) is 16.4. The molecule has 0 amide bonds. The molecule has 3 rings (SSSR count). The summed E-state index contributed by atoms with van der Waals surface area (Å²) >= 11 is 0. The highest BCUT2D eigenvalue weighted by Crippen LogP contribution is 2.25. The monoisotopic (exact) mass is 441 g/mol. The molecule has 0 radical (unpaired) electrons. The van der Waals surface area contributed by atoms with E-state index in [1.807, 2.05) is 0 Å². The summed E-state index contributed by atoms with van der Waals surface area (Å²) < 4.78 is 32.2. The first-order chi connectivity index (χ1) is 14.8. The fourth-order valence-electron chi connectivity index (χ4n) is 2.74. The summed E-state index contributed by atoms with van der Waals surface area (Å²) in [5.41, 5.74) is 1.03. The van der Waals surface area contributed by atoms with Gasteiger partial charge in [0.1, 0.15) is 11.4 Å². The van der Waals surface area contributed by atoms with E-state index in [4.69, 9.17) is 4.42 Å². The molecular formula is C21H19N3O6S. The number of rotatable bonds is 9. The second-order valence-electron chi connectivity index (χ2n) is 6.41. The fourth-order valence-corrected chi connectivity index (χ4v) is 3.74. The van der Waals surface area contributed by atoms with Gasteiger partial charge in [0, 0.05) is 18.7 Å². The largest absolute Gasteiger partial charge is 0.468 e. The van der Waals surface area contributed by atoms with Gasteiger partial charge in [-0.05, 0) is 54.1 Å². The summed E-state index contributed by atoms with van der Waals surface area (Å²) in [6.45, 7) is 0.0111. The Morgan fingerprint density at radius 2 is 1.90 bits per heavy atom. The zero-order valence-corrected chi connectivity index (χ0v) is 17.3. The van der Waals surface area contributed by atoms with E-state index in [2.05, 4.69) is 10.0 Å². The molecule has 10 heteroatoms. The van der Waals surface area contributed by atoms with Crippen molar-refractivity contribution in [1.82, 2.24) is 4.72 Å². The molecule has 0 aliphatic heterocycles. The number of carbonyl (C=O) groups is 1. The van der Waals surface area contributed by atoms with Crippen molar-refractivity contribution in [3.05, 3.63) is 93.9 Å². The highest BCUT2D eigenvalue weighted by Gasteiger charge is 2.15. The van der Waals surface area contributed by atoms with E-state index in [1.165, 1.54) is 48.7 Å². The fraction of sp³-hybridized carbons (Fsp3) is 0.0952. The van der Waals surface area contributed by atoms with Crippen LogP contribution in [0.5, 0.6) is 0 Å². The third-order valence-corrected chi connectivity index (χ3v) is 5.80. The number of allylic oxidation sites excluding steroid dienone is 1. The van der Waals surface area contributed by atoms with Crippen molar-refractivity contribution >= 4 is 33.3 Å². The first-order valence-electron chi connectivity index (χ1n) is 9.11. The predicted molar refractivity (Wildman–Crippen MR) is 115 cm³/mol. The topological polar surface area (TPSA) is 132 Å². The number of benzene rings is 2. The molecular weight excluding hydrogens is 422 g/mol. The second kappa shape index (κ2) is 9.37. The second-order valence-corrected chi connectivity index (χ2v) is 8.18. The Balaban J connectivity index is 1.70. The number of nitrogens with zero attached hydrogens (tertiary/aromatic N) is 1. The lowest BCUT2D eigenvalue weighted by Crippen LogP contribution is -2.23. The van der Waals surface area contributed by atoms with Crippen LogP contribution in [0.25, 0.3) is 6.08 Å². The summed E-state index contributed by atoms with van der Waals surface area (Å²) in [4.78, 5) is 23.0. The molecule has 2 aromatic carbocycles. The molecule has 0 bridgehead atoms. The quantitative estimate of drug-likeness (QED) is 0.224. The van der Waals surface area contributed by atoms with Crippen LogP contribution in [0.3, 0.4) is 0 Å². The molecule has 0 saturated carbocycles. The Hall–Kier alpha value is -3.76. The number of hydrogen-bond donors (Lipinski definition) is 2. The Bertz CT molecular complexity index is 1220. The van der Waals surface area contributed by atoms with Gasteiger partial charge in [-0.15, -0.1) is 0 Å². The van der Waals surface area contributed by atoms with Crippen LogP contribution in [-0.4, -0.2) is 26.2 Å². The molecule has 3 aromatic rings. The van der Waals surface area contributed by atoms with Crippen LogP contribution in [0.2, 0.25) is 0 Å². The number of ketones is 1. The minimum absolute atomic E-state index is 0.0111. The molecule has 31 heavy (non-hydrogen) atoms. The number of nitro benzene ring substituents is 1. The maximum Gasteiger partial charge on any atom is 0.292 e. The van der Waals surface area contributed by atoms with Gasteiger partial charge in [0.05, 0.1) is 22.6 Å². The third-order valence-electron chi connectivity index (χ3n) is 4.38. The van der Waals surface area contributed by atoms with Crippen molar-refractivity contribution in [2.24, 2.45) is 0 Å². The summed E-state index contributed by atoms with van der Waals surface area (Å²) in [6.07, 6.45) is 4.19. The van der Waals surface area contributed by atoms with Crippen molar-refractivity contribution in [1.29, 1.82) is 0 Å². The minimum atomic E-state index is -3.76. The van der Waals surface area contributed by atoms with Gasteiger partial charge in [-0.1, -0.05) is 12.1 Å². The smallest absolute Gasteiger partial charge is 0.292 e. The summed E-state index contributed by atoms with van der Waals surface area (Å²) in [5.74, 6) is 0.108. The van der Waals surface area contributed by atoms with Gasteiger partial charge < -0.3 is 9.73 Å². The highest BCUT2D eigenvalue weighted by molar-refractivity contribution is 7.89. The number of anilines is 1. The maximum absolute atomic E-state index is 12.4. The van der Waals surface area contributed by atoms with E-state index < -0.39 is 14.9 Å². The molecule has 0 saturated heterocycles. The van der Waals surface area contributed by atoms with E-state index in [0.29, 0.717) is 17.0 Å². The van der Waals surface area contributed by atoms with Gasteiger partial charge in [-0.2, -0.15) is 0 Å². The predicted octanol–water partition coefficient (Wildman–Crippen LogP) is 3.60. The molecule has 0 spiro atoms. The lowest BCUT2D eigenvalue weighted by atomic mass is 10.1. The SMILES string of the molecule is CNc1ccc(C=CC(=O)c2ccc(S(=O)(=O)NCc3ccco3)cc2)cc1[N+](=O)[O-]. The van der Waals surface area contributed by atoms with Crippen LogP contribution in [0.15, 0.2) is 76.2 Å². The van der Waals surface area contributed by atoms with Gasteiger partial charge in [0.15, 0.2) is 5.78 Å². The van der Waals surface area contributed by atoms with Crippen molar-refractivity contribution in [3.8, 4) is 0 Å². The minimum Gasteiger partial charge on any atom is -0.468 e. The van der Waals surface area contributed by atoms with Crippen LogP contribution in [0.1, 0.15) is 21.7 Å². The first-order valence-corrected chi connectivity index (χ1v) is 10.6. The maximum atomic E-state index is 12.4. The Morgan fingerprint density at radius 1 is 1.16 bits per heavy atom. The Morgan fingerprint density at radius 3 is 2.52 bits per heavy atom. The molecule has 160 valence electrons. The molecule has 0 aliphatic carbocycles. The van der Waals surface area contributed by atoms with E-state index >= 15 is 0 Å². The van der Waals surface area contributed by atoms with Crippen LogP contribution < -0.4 is 10.0 Å². The lowest BCUT2D eigenvalue weighted by molar-refractivity contribution is -0.384. The van der Waals surface area contributed by atoms with Crippen LogP contribution in [0.4, 0.5) is 11.4 Å². The van der Waals surface area contributed by atoms with Crippen LogP contribution in [-0.2, 0) is 16.6 Å². The van der Waals surface area contributed by atoms with Gasteiger partial charge in [0.25, 0.3) is 5.69 Å². The summed E-state index contributed by atoms with van der Waals surface area (Å²) in [5, 5.41) is 13.9. The molecule has 1 aromatic heterocycles. The number of furan rings is 1. The number of hydrogen-bond acceptors (Lipinski definition) is 7. The number of carbonyl (C=O) groups excluding carboxylic acids is 1. The number of nitrogens with one attached hydrogen (secondary N) is 2. The first kappa shape index (κ1) is 21.9. The number of sulfonamides is 1. The van der Waals surface area contributed by atoms with E-state index in [-0.39, 0.29) is 28.5 Å². The number of nitro groups is 1. The molecule has 0 unspecified atom stereocenters. The molecule has 0 fully saturated rings. The Labute approximate surface area is 178 Å². The standard InChI is InChI=1S/C21H19N3O6S/c1-22-19-10-4-15(13-20(19)24(26)27)5-11-21(25)16-6-8-18(9-7-16)31(28,29)23-14-17-3-2-12-30-17/h2-13,22-23H,14H2,1H3. The molecule has 1 heterocycles. The van der Waals surface area contributed by atoms with Crippen molar-refractivity contribution in [3.63, 3.8) is 0 Å². The van der Waals surface area contributed by atoms with E-state index in [0.717, 1.165) is 0 Å². The van der Waals surface area contributed by atoms with E-state index in [1.54, 1.807) is 31.3 Å². The van der Waals surface area contributed by atoms with Gasteiger partial charge >= 0.3 is 0 Å². The molecule has 0 aliphatic rings. The van der Waals surface area contributed by atoms with Crippen molar-refractivity contribution < 1.29 is 22.6 Å².